The zero-order chi connectivity index (χ0) is 18.3. The molecule has 11 heteroatoms. The molecule has 0 bridgehead atoms. The molecule has 0 unspecified atom stereocenters. The van der Waals surface area contributed by atoms with Gasteiger partial charge in [-0.25, -0.2) is 9.78 Å². The predicted octanol–water partition coefficient (Wildman–Crippen LogP) is 0.0654. The van der Waals surface area contributed by atoms with Gasteiger partial charge in [0.05, 0.1) is 21.9 Å². The number of H-pyrrole nitrogens is 1. The molecule has 1 aromatic carbocycles. The van der Waals surface area contributed by atoms with Crippen molar-refractivity contribution in [2.24, 2.45) is 0 Å². The lowest BCUT2D eigenvalue weighted by Gasteiger charge is -2.01. The Morgan fingerprint density at radius 1 is 1.00 bits per heavy atom. The quantitative estimate of drug-likeness (QED) is 0.602. The van der Waals surface area contributed by atoms with Gasteiger partial charge in [-0.1, -0.05) is 0 Å². The van der Waals surface area contributed by atoms with Crippen molar-refractivity contribution in [2.75, 3.05) is 0 Å². The number of pyridine rings is 1. The van der Waals surface area contributed by atoms with Crippen LogP contribution in [0, 0.1) is 20.2 Å². The van der Waals surface area contributed by atoms with Gasteiger partial charge < -0.3 is 15.0 Å². The van der Waals surface area contributed by atoms with Crippen LogP contribution in [0.4, 0.5) is 11.4 Å². The van der Waals surface area contributed by atoms with E-state index in [0.717, 1.165) is 0 Å². The first kappa shape index (κ1) is 18.2. The monoisotopic (exact) mass is 335 g/mol. The Hall–Kier alpha value is -3.89. The second-order valence-corrected chi connectivity index (χ2v) is 4.14. The molecule has 0 aliphatic rings. The third-order valence-electron chi connectivity index (χ3n) is 2.51. The van der Waals surface area contributed by atoms with Crippen molar-refractivity contribution >= 4 is 23.3 Å². The van der Waals surface area contributed by atoms with Gasteiger partial charge >= 0.3 is 5.97 Å². The van der Waals surface area contributed by atoms with Gasteiger partial charge in [0, 0.05) is 23.8 Å². The van der Waals surface area contributed by atoms with Crippen molar-refractivity contribution in [1.29, 1.82) is 0 Å². The highest BCUT2D eigenvalue weighted by atomic mass is 16.6. The first-order valence-electron chi connectivity index (χ1n) is 6.07. The molecular weight excluding hydrogens is 326 g/mol. The van der Waals surface area contributed by atoms with Gasteiger partial charge in [-0.3, -0.25) is 20.2 Å². The third kappa shape index (κ3) is 5.14. The minimum absolute atomic E-state index is 0.275. The molecule has 0 atom stereocenters. The van der Waals surface area contributed by atoms with Crippen molar-refractivity contribution in [3.05, 3.63) is 74.1 Å². The van der Waals surface area contributed by atoms with E-state index in [-0.39, 0.29) is 5.56 Å². The first-order chi connectivity index (χ1) is 11.2. The lowest BCUT2D eigenvalue weighted by molar-refractivity contribution is -0.394. The number of carbonyl (C=O) groups is 2. The largest absolute Gasteiger partial charge is 0.545 e. The highest BCUT2D eigenvalue weighted by Crippen LogP contribution is 2.22. The van der Waals surface area contributed by atoms with Crippen LogP contribution in [-0.4, -0.2) is 26.9 Å². The Kier molecular flexibility index (Phi) is 6.00. The molecule has 1 heterocycles. The van der Waals surface area contributed by atoms with Gasteiger partial charge in [0.2, 0.25) is 0 Å². The molecule has 2 aromatic rings. The van der Waals surface area contributed by atoms with E-state index in [0.29, 0.717) is 18.2 Å². The van der Waals surface area contributed by atoms with Crippen LogP contribution in [0.2, 0.25) is 0 Å². The number of rotatable bonds is 4. The molecule has 0 saturated carbocycles. The molecule has 124 valence electrons. The minimum atomic E-state index is -1.71. The molecule has 0 spiro atoms. The molecule has 2 N–H and O–H groups in total. The van der Waals surface area contributed by atoms with Crippen LogP contribution < -0.4 is 10.1 Å². The highest BCUT2D eigenvalue weighted by Gasteiger charge is 2.16. The van der Waals surface area contributed by atoms with E-state index < -0.39 is 38.7 Å². The fraction of sp³-hybridized carbons (Fsp3) is 0. The van der Waals surface area contributed by atoms with E-state index >= 15 is 0 Å². The smallest absolute Gasteiger partial charge is 0.341 e. The lowest BCUT2D eigenvalue weighted by Crippen LogP contribution is -2.22. The molecule has 0 amide bonds. The Morgan fingerprint density at radius 2 is 1.54 bits per heavy atom. The Bertz CT molecular complexity index is 712. The van der Waals surface area contributed by atoms with Gasteiger partial charge in [-0.15, -0.1) is 0 Å². The number of carbonyl (C=O) groups excluding carboxylic acids is 1. The van der Waals surface area contributed by atoms with Gasteiger partial charge in [-0.2, -0.15) is 0 Å². The van der Waals surface area contributed by atoms with E-state index in [1.54, 1.807) is 12.3 Å². The fourth-order valence-electron chi connectivity index (χ4n) is 1.45. The van der Waals surface area contributed by atoms with Crippen molar-refractivity contribution < 1.29 is 34.6 Å². The summed E-state index contributed by atoms with van der Waals surface area (Å²) >= 11 is 0. The Labute approximate surface area is 133 Å². The van der Waals surface area contributed by atoms with Gasteiger partial charge in [0.1, 0.15) is 5.56 Å². The summed E-state index contributed by atoms with van der Waals surface area (Å²) in [4.78, 5) is 42.0. The van der Waals surface area contributed by atoms with Gasteiger partial charge in [-0.05, 0) is 6.07 Å². The van der Waals surface area contributed by atoms with Crippen LogP contribution in [0.3, 0.4) is 0 Å². The van der Waals surface area contributed by atoms with Crippen LogP contribution in [-0.2, 0) is 0 Å². The number of nitro groups is 2. The maximum atomic E-state index is 10.4. The summed E-state index contributed by atoms with van der Waals surface area (Å²) in [7, 11) is 0. The van der Waals surface area contributed by atoms with Gasteiger partial charge in [0.15, 0.2) is 12.4 Å². The number of nitro benzene ring substituents is 2. The third-order valence-corrected chi connectivity index (χ3v) is 2.51. The van der Waals surface area contributed by atoms with Crippen LogP contribution >= 0.6 is 0 Å². The number of nitrogens with one attached hydrogen (secondary N) is 1. The standard InChI is InChI=1S/C7H4N2O6.C6H5NO2/c10-7(11)4-1-5(8(12)13)3-6(2-4)9(14)15;8-6(9)5-2-1-3-7-4-5/h1-3H,(H,10,11);1-4H,(H,8,9). The maximum absolute atomic E-state index is 10.4. The minimum Gasteiger partial charge on any atom is -0.545 e. The summed E-state index contributed by atoms with van der Waals surface area (Å²) in [5, 5.41) is 39.4. The number of aromatic amines is 1. The van der Waals surface area contributed by atoms with E-state index in [1.807, 2.05) is 0 Å². The lowest BCUT2D eigenvalue weighted by atomic mass is 10.2. The summed E-state index contributed by atoms with van der Waals surface area (Å²) in [6.07, 6.45) is 3.09. The summed E-state index contributed by atoms with van der Waals surface area (Å²) in [6, 6.07) is 5.24. The number of carboxylic acids is 2. The topological polar surface area (TPSA) is 178 Å². The molecule has 11 nitrogen and oxygen atoms in total. The number of aromatic nitrogens is 1. The predicted molar refractivity (Wildman–Crippen MR) is 74.0 cm³/mol. The van der Waals surface area contributed by atoms with Gasteiger partial charge in [0.25, 0.3) is 11.4 Å². The number of benzene rings is 1. The van der Waals surface area contributed by atoms with Crippen LogP contribution in [0.15, 0.2) is 42.7 Å². The first-order valence-corrected chi connectivity index (χ1v) is 6.07. The number of nitrogens with zero attached hydrogens (tertiary/aromatic N) is 2. The van der Waals surface area contributed by atoms with Crippen molar-refractivity contribution in [3.8, 4) is 0 Å². The number of hydrogen-bond donors (Lipinski definition) is 1. The number of non-ortho nitro benzene ring substituents is 2. The Morgan fingerprint density at radius 3 is 1.83 bits per heavy atom. The van der Waals surface area contributed by atoms with E-state index in [4.69, 9.17) is 5.11 Å². The fourth-order valence-corrected chi connectivity index (χ4v) is 1.45. The second kappa shape index (κ2) is 7.93. The number of aromatic carboxylic acids is 2. The molecule has 0 aliphatic carbocycles. The molecule has 0 aliphatic heterocycles. The van der Waals surface area contributed by atoms with E-state index in [1.165, 1.54) is 12.3 Å². The van der Waals surface area contributed by atoms with E-state index in [9.17, 15) is 34.9 Å². The molecule has 2 rings (SSSR count). The SMILES string of the molecule is O=C(O)c1ccc[nH+]c1.O=C([O-])c1cc([N+](=O)[O-])cc([N+](=O)[O-])c1. The zero-order valence-corrected chi connectivity index (χ0v) is 11.7. The molecule has 1 aromatic heterocycles. The van der Waals surface area contributed by atoms with Crippen LogP contribution in [0.5, 0.6) is 0 Å². The van der Waals surface area contributed by atoms with Crippen molar-refractivity contribution in [3.63, 3.8) is 0 Å². The summed E-state index contributed by atoms with van der Waals surface area (Å²) in [5.74, 6) is -2.62. The van der Waals surface area contributed by atoms with Crippen LogP contribution in [0.25, 0.3) is 0 Å². The van der Waals surface area contributed by atoms with Crippen molar-refractivity contribution in [1.82, 2.24) is 0 Å². The van der Waals surface area contributed by atoms with E-state index in [2.05, 4.69) is 4.98 Å². The Balaban J connectivity index is 0.000000272. The summed E-state index contributed by atoms with van der Waals surface area (Å²) in [6.45, 7) is 0. The molecule has 0 saturated heterocycles. The molecule has 0 fully saturated rings. The molecule has 24 heavy (non-hydrogen) atoms. The van der Waals surface area contributed by atoms with Crippen molar-refractivity contribution in [2.45, 2.75) is 0 Å². The molecule has 0 radical (unpaired) electrons. The average Bonchev–Trinajstić information content (AvgIpc) is 2.55. The summed E-state index contributed by atoms with van der Waals surface area (Å²) < 4.78 is 0. The second-order valence-electron chi connectivity index (χ2n) is 4.14. The normalized spacial score (nSPS) is 9.33. The molecular formula is C13H9N3O8. The number of carboxylic acid groups (broad SMARTS) is 2. The average molecular weight is 335 g/mol. The zero-order valence-electron chi connectivity index (χ0n) is 11.7. The van der Waals surface area contributed by atoms with Crippen LogP contribution in [0.1, 0.15) is 20.7 Å². The highest BCUT2D eigenvalue weighted by molar-refractivity contribution is 5.87. The summed E-state index contributed by atoms with van der Waals surface area (Å²) in [5.41, 5.74) is -1.65. The maximum Gasteiger partial charge on any atom is 0.341 e. The number of hydrogen-bond acceptors (Lipinski definition) is 7.